The van der Waals surface area contributed by atoms with E-state index in [1.807, 2.05) is 35.2 Å². The number of thiazole rings is 1. The molecular formula is C19H21N3OS. The van der Waals surface area contributed by atoms with Crippen LogP contribution >= 0.6 is 11.3 Å². The molecule has 3 rings (SSSR count). The van der Waals surface area contributed by atoms with Gasteiger partial charge in [0.2, 0.25) is 0 Å². The van der Waals surface area contributed by atoms with E-state index in [4.69, 9.17) is 0 Å². The standard InChI is InChI=1S/C19H21N3OS/c1-21(2)16-9-6-12-22(14-16)19(23)17-13-20-18(24-17)11-10-15-7-4-3-5-8-15/h3-5,7-8,13,16H,6,9,12,14H2,1-2H3. The van der Waals surface area contributed by atoms with Crippen LogP contribution in [0.1, 0.15) is 33.1 Å². The number of piperidine rings is 1. The Bertz CT molecular complexity index is 758. The summed E-state index contributed by atoms with van der Waals surface area (Å²) < 4.78 is 0. The first-order valence-electron chi connectivity index (χ1n) is 8.12. The average molecular weight is 339 g/mol. The van der Waals surface area contributed by atoms with Crippen molar-refractivity contribution in [3.8, 4) is 11.8 Å². The van der Waals surface area contributed by atoms with Gasteiger partial charge in [-0.2, -0.15) is 0 Å². The van der Waals surface area contributed by atoms with Gasteiger partial charge in [0, 0.05) is 24.7 Å². The monoisotopic (exact) mass is 339 g/mol. The molecule has 0 N–H and O–H groups in total. The number of benzene rings is 1. The highest BCUT2D eigenvalue weighted by molar-refractivity contribution is 7.14. The number of hydrogen-bond acceptors (Lipinski definition) is 4. The number of nitrogens with zero attached hydrogens (tertiary/aromatic N) is 3. The number of likely N-dealkylation sites (tertiary alicyclic amines) is 1. The molecule has 1 fully saturated rings. The predicted molar refractivity (Wildman–Crippen MR) is 97.1 cm³/mol. The molecule has 5 heteroatoms. The molecule has 124 valence electrons. The summed E-state index contributed by atoms with van der Waals surface area (Å²) in [7, 11) is 4.14. The number of amides is 1. The van der Waals surface area contributed by atoms with E-state index in [9.17, 15) is 4.79 Å². The Hall–Kier alpha value is -2.16. The summed E-state index contributed by atoms with van der Waals surface area (Å²) >= 11 is 1.37. The molecule has 1 amide bonds. The Morgan fingerprint density at radius 2 is 2.08 bits per heavy atom. The van der Waals surface area contributed by atoms with E-state index in [0.717, 1.165) is 31.5 Å². The normalized spacial score (nSPS) is 17.5. The Kier molecular flexibility index (Phi) is 5.29. The molecule has 1 aliphatic rings. The third-order valence-corrected chi connectivity index (χ3v) is 5.12. The molecule has 0 aliphatic carbocycles. The van der Waals surface area contributed by atoms with Crippen molar-refractivity contribution < 1.29 is 4.79 Å². The summed E-state index contributed by atoms with van der Waals surface area (Å²) in [6, 6.07) is 10.2. The van der Waals surface area contributed by atoms with E-state index in [0.29, 0.717) is 15.9 Å². The first kappa shape index (κ1) is 16.7. The molecule has 1 aliphatic heterocycles. The topological polar surface area (TPSA) is 36.4 Å². The fourth-order valence-electron chi connectivity index (χ4n) is 2.79. The van der Waals surface area contributed by atoms with Crippen LogP contribution in [0.15, 0.2) is 36.5 Å². The fourth-order valence-corrected chi connectivity index (χ4v) is 3.53. The van der Waals surface area contributed by atoms with Crippen molar-refractivity contribution in [1.29, 1.82) is 0 Å². The molecule has 2 aromatic rings. The average Bonchev–Trinajstić information content (AvgIpc) is 3.09. The van der Waals surface area contributed by atoms with Crippen molar-refractivity contribution in [3.63, 3.8) is 0 Å². The number of carbonyl (C=O) groups is 1. The summed E-state index contributed by atoms with van der Waals surface area (Å²) in [5.41, 5.74) is 0.949. The van der Waals surface area contributed by atoms with Crippen molar-refractivity contribution in [1.82, 2.24) is 14.8 Å². The lowest BCUT2D eigenvalue weighted by molar-refractivity contribution is 0.0639. The van der Waals surface area contributed by atoms with Crippen molar-refractivity contribution in [2.45, 2.75) is 18.9 Å². The van der Waals surface area contributed by atoms with Crippen LogP contribution in [0, 0.1) is 11.8 Å². The van der Waals surface area contributed by atoms with Crippen LogP contribution in [-0.4, -0.2) is 53.9 Å². The van der Waals surface area contributed by atoms with Crippen molar-refractivity contribution in [3.05, 3.63) is 52.0 Å². The van der Waals surface area contributed by atoms with E-state index in [1.165, 1.54) is 11.3 Å². The van der Waals surface area contributed by atoms with Gasteiger partial charge in [-0.1, -0.05) is 24.1 Å². The molecule has 1 aromatic carbocycles. The summed E-state index contributed by atoms with van der Waals surface area (Å²) in [4.78, 5) is 21.8. The highest BCUT2D eigenvalue weighted by Gasteiger charge is 2.26. The van der Waals surface area contributed by atoms with Crippen LogP contribution in [-0.2, 0) is 0 Å². The number of rotatable bonds is 2. The van der Waals surface area contributed by atoms with Gasteiger partial charge in [-0.15, -0.1) is 11.3 Å². The lowest BCUT2D eigenvalue weighted by Crippen LogP contribution is -2.47. The van der Waals surface area contributed by atoms with Crippen LogP contribution in [0.5, 0.6) is 0 Å². The minimum Gasteiger partial charge on any atom is -0.336 e. The Morgan fingerprint density at radius 3 is 2.83 bits per heavy atom. The molecule has 1 saturated heterocycles. The Balaban J connectivity index is 1.69. The zero-order valence-electron chi connectivity index (χ0n) is 14.0. The molecule has 2 heterocycles. The van der Waals surface area contributed by atoms with Crippen LogP contribution in [0.2, 0.25) is 0 Å². The summed E-state index contributed by atoms with van der Waals surface area (Å²) in [6.07, 6.45) is 3.85. The third kappa shape index (κ3) is 4.02. The van der Waals surface area contributed by atoms with Crippen molar-refractivity contribution in [2.75, 3.05) is 27.2 Å². The summed E-state index contributed by atoms with van der Waals surface area (Å²) in [6.45, 7) is 1.61. The van der Waals surface area contributed by atoms with E-state index in [-0.39, 0.29) is 5.91 Å². The van der Waals surface area contributed by atoms with Crippen molar-refractivity contribution >= 4 is 17.2 Å². The second-order valence-corrected chi connectivity index (χ2v) is 7.19. The largest absolute Gasteiger partial charge is 0.336 e. The quantitative estimate of drug-likeness (QED) is 0.790. The summed E-state index contributed by atoms with van der Waals surface area (Å²) in [5, 5.41) is 0.684. The highest BCUT2D eigenvalue weighted by atomic mass is 32.1. The van der Waals surface area contributed by atoms with E-state index < -0.39 is 0 Å². The minimum absolute atomic E-state index is 0.0758. The van der Waals surface area contributed by atoms with E-state index in [2.05, 4.69) is 35.8 Å². The van der Waals surface area contributed by atoms with Gasteiger partial charge in [0.1, 0.15) is 4.88 Å². The summed E-state index contributed by atoms with van der Waals surface area (Å²) in [5.74, 6) is 6.20. The number of hydrogen-bond donors (Lipinski definition) is 0. The zero-order valence-corrected chi connectivity index (χ0v) is 14.8. The second kappa shape index (κ2) is 7.61. The maximum atomic E-state index is 12.7. The van der Waals surface area contributed by atoms with Crippen LogP contribution in [0.4, 0.5) is 0 Å². The molecule has 1 aromatic heterocycles. The van der Waals surface area contributed by atoms with E-state index >= 15 is 0 Å². The second-order valence-electron chi connectivity index (χ2n) is 6.16. The first-order valence-corrected chi connectivity index (χ1v) is 8.94. The van der Waals surface area contributed by atoms with Crippen LogP contribution in [0.25, 0.3) is 0 Å². The smallest absolute Gasteiger partial charge is 0.265 e. The minimum atomic E-state index is 0.0758. The molecule has 4 nitrogen and oxygen atoms in total. The fraction of sp³-hybridized carbons (Fsp3) is 0.368. The van der Waals surface area contributed by atoms with Gasteiger partial charge in [-0.3, -0.25) is 4.79 Å². The molecule has 0 saturated carbocycles. The Morgan fingerprint density at radius 1 is 1.29 bits per heavy atom. The zero-order chi connectivity index (χ0) is 16.9. The van der Waals surface area contributed by atoms with Gasteiger partial charge in [0.15, 0.2) is 5.01 Å². The maximum Gasteiger partial charge on any atom is 0.265 e. The molecule has 24 heavy (non-hydrogen) atoms. The van der Waals surface area contributed by atoms with Gasteiger partial charge in [-0.05, 0) is 45.0 Å². The molecule has 1 atom stereocenters. The molecular weight excluding hydrogens is 318 g/mol. The lowest BCUT2D eigenvalue weighted by atomic mass is 10.0. The van der Waals surface area contributed by atoms with Crippen LogP contribution < -0.4 is 0 Å². The first-order chi connectivity index (χ1) is 11.6. The number of aromatic nitrogens is 1. The Labute approximate surface area is 147 Å². The highest BCUT2D eigenvalue weighted by Crippen LogP contribution is 2.19. The molecule has 1 unspecified atom stereocenters. The third-order valence-electron chi connectivity index (χ3n) is 4.22. The van der Waals surface area contributed by atoms with Crippen LogP contribution in [0.3, 0.4) is 0 Å². The van der Waals surface area contributed by atoms with Gasteiger partial charge in [-0.25, -0.2) is 4.98 Å². The van der Waals surface area contributed by atoms with Gasteiger partial charge in [0.25, 0.3) is 5.91 Å². The molecule has 0 bridgehead atoms. The van der Waals surface area contributed by atoms with E-state index in [1.54, 1.807) is 6.20 Å². The SMILES string of the molecule is CN(C)C1CCCN(C(=O)c2cnc(C#Cc3ccccc3)s2)C1. The maximum absolute atomic E-state index is 12.7. The molecule has 0 radical (unpaired) electrons. The van der Waals surface area contributed by atoms with Crippen molar-refractivity contribution in [2.24, 2.45) is 0 Å². The number of carbonyl (C=O) groups excluding carboxylic acids is 1. The van der Waals surface area contributed by atoms with Gasteiger partial charge < -0.3 is 9.80 Å². The lowest BCUT2D eigenvalue weighted by Gasteiger charge is -2.35. The molecule has 0 spiro atoms. The number of likely N-dealkylation sites (N-methyl/N-ethyl adjacent to an activating group) is 1. The van der Waals surface area contributed by atoms with Gasteiger partial charge in [0.05, 0.1) is 6.20 Å². The van der Waals surface area contributed by atoms with Gasteiger partial charge >= 0.3 is 0 Å². The predicted octanol–water partition coefficient (Wildman–Crippen LogP) is 2.71.